The average Bonchev–Trinajstić information content (AvgIpc) is 3.35. The van der Waals surface area contributed by atoms with E-state index in [-0.39, 0.29) is 12.5 Å². The van der Waals surface area contributed by atoms with Crippen LogP contribution in [0.2, 0.25) is 0 Å². The number of carbonyl (C=O) groups excluding carboxylic acids is 1. The van der Waals surface area contributed by atoms with Crippen molar-refractivity contribution < 1.29 is 39.8 Å². The summed E-state index contributed by atoms with van der Waals surface area (Å²) in [5.41, 5.74) is 0. The van der Waals surface area contributed by atoms with Crippen molar-refractivity contribution >= 4 is 5.91 Å². The van der Waals surface area contributed by atoms with Crippen LogP contribution in [0.5, 0.6) is 0 Å². The molecule has 0 aromatic carbocycles. The Kier molecular flexibility index (Phi) is 45.3. The molecule has 1 saturated heterocycles. The van der Waals surface area contributed by atoms with E-state index in [1.54, 1.807) is 6.08 Å². The highest BCUT2D eigenvalue weighted by Crippen LogP contribution is 2.23. The van der Waals surface area contributed by atoms with E-state index in [9.17, 15) is 30.3 Å². The van der Waals surface area contributed by atoms with Gasteiger partial charge in [-0.05, 0) is 89.9 Å². The van der Waals surface area contributed by atoms with Crippen molar-refractivity contribution in [3.63, 3.8) is 0 Å². The lowest BCUT2D eigenvalue weighted by Crippen LogP contribution is -2.60. The molecule has 1 amide bonds. The Labute approximate surface area is 422 Å². The molecule has 1 rings (SSSR count). The molecular formula is C60H103NO8. The molecule has 0 spiro atoms. The van der Waals surface area contributed by atoms with Crippen molar-refractivity contribution in [3.05, 3.63) is 97.2 Å². The van der Waals surface area contributed by atoms with Gasteiger partial charge in [0.05, 0.1) is 25.4 Å². The molecule has 0 aliphatic carbocycles. The summed E-state index contributed by atoms with van der Waals surface area (Å²) in [6.07, 6.45) is 63.4. The predicted octanol–water partition coefficient (Wildman–Crippen LogP) is 13.6. The second-order valence-corrected chi connectivity index (χ2v) is 19.0. The third kappa shape index (κ3) is 38.5. The Balaban J connectivity index is 2.15. The highest BCUT2D eigenvalue weighted by molar-refractivity contribution is 5.76. The second-order valence-electron chi connectivity index (χ2n) is 19.0. The number of rotatable bonds is 46. The quantitative estimate of drug-likeness (QED) is 0.0261. The normalized spacial score (nSPS) is 20.2. The molecule has 1 aliphatic rings. The third-order valence-electron chi connectivity index (χ3n) is 12.6. The van der Waals surface area contributed by atoms with Crippen molar-refractivity contribution in [1.29, 1.82) is 0 Å². The van der Waals surface area contributed by atoms with Crippen molar-refractivity contribution in [2.24, 2.45) is 0 Å². The maximum atomic E-state index is 13.0. The molecule has 1 aliphatic heterocycles. The Bertz CT molecular complexity index is 1400. The molecule has 9 nitrogen and oxygen atoms in total. The van der Waals surface area contributed by atoms with E-state index in [1.807, 2.05) is 6.08 Å². The fourth-order valence-electron chi connectivity index (χ4n) is 8.21. The van der Waals surface area contributed by atoms with Gasteiger partial charge in [0.2, 0.25) is 5.91 Å². The number of allylic oxidation sites excluding steroid dienone is 15. The van der Waals surface area contributed by atoms with Crippen LogP contribution >= 0.6 is 0 Å². The zero-order chi connectivity index (χ0) is 50.1. The van der Waals surface area contributed by atoms with Crippen LogP contribution in [-0.4, -0.2) is 87.5 Å². The summed E-state index contributed by atoms with van der Waals surface area (Å²) >= 11 is 0. The summed E-state index contributed by atoms with van der Waals surface area (Å²) in [6, 6.07) is -0.831. The number of hydrogen-bond donors (Lipinski definition) is 6. The summed E-state index contributed by atoms with van der Waals surface area (Å²) in [5, 5.41) is 54.3. The largest absolute Gasteiger partial charge is 0.394 e. The van der Waals surface area contributed by atoms with Crippen molar-refractivity contribution in [2.75, 3.05) is 13.2 Å². The first-order chi connectivity index (χ1) is 33.8. The molecule has 6 N–H and O–H groups in total. The van der Waals surface area contributed by atoms with Gasteiger partial charge in [-0.15, -0.1) is 0 Å². The second kappa shape index (κ2) is 48.7. The Morgan fingerprint density at radius 1 is 0.507 bits per heavy atom. The number of hydrogen-bond acceptors (Lipinski definition) is 8. The molecular weight excluding hydrogens is 863 g/mol. The SMILES string of the molecule is CC/C=C\C/C=C\C/C=C\C/C=C\C/C=C\CCCCCCCCCCCCCCCCCCCC(=O)NC(COC1OC(CO)C(O)C(O)C1O)C(O)/C=C/CC/C=C/CC/C=C/CCCCC. The summed E-state index contributed by atoms with van der Waals surface area (Å²) in [6.45, 7) is 3.60. The number of aliphatic hydroxyl groups is 5. The van der Waals surface area contributed by atoms with Gasteiger partial charge in [-0.3, -0.25) is 4.79 Å². The topological polar surface area (TPSA) is 149 Å². The van der Waals surface area contributed by atoms with Gasteiger partial charge in [0, 0.05) is 6.42 Å². The molecule has 0 aromatic rings. The number of ether oxygens (including phenoxy) is 2. The van der Waals surface area contributed by atoms with E-state index in [0.29, 0.717) is 6.42 Å². The monoisotopic (exact) mass is 966 g/mol. The van der Waals surface area contributed by atoms with Crippen LogP contribution in [0.25, 0.3) is 0 Å². The van der Waals surface area contributed by atoms with E-state index < -0.39 is 49.5 Å². The van der Waals surface area contributed by atoms with Gasteiger partial charge < -0.3 is 40.3 Å². The van der Waals surface area contributed by atoms with Crippen LogP contribution in [0, 0.1) is 0 Å². The van der Waals surface area contributed by atoms with Crippen LogP contribution in [-0.2, 0) is 14.3 Å². The smallest absolute Gasteiger partial charge is 0.220 e. The minimum absolute atomic E-state index is 0.194. The molecule has 0 radical (unpaired) electrons. The maximum Gasteiger partial charge on any atom is 0.220 e. The van der Waals surface area contributed by atoms with Gasteiger partial charge >= 0.3 is 0 Å². The Morgan fingerprint density at radius 3 is 1.39 bits per heavy atom. The van der Waals surface area contributed by atoms with Gasteiger partial charge in [0.15, 0.2) is 6.29 Å². The molecule has 0 saturated carbocycles. The molecule has 0 aromatic heterocycles. The van der Waals surface area contributed by atoms with E-state index in [1.165, 1.54) is 116 Å². The lowest BCUT2D eigenvalue weighted by Gasteiger charge is -2.40. The van der Waals surface area contributed by atoms with E-state index >= 15 is 0 Å². The average molecular weight is 966 g/mol. The molecule has 1 heterocycles. The Hall–Kier alpha value is -2.89. The van der Waals surface area contributed by atoms with Crippen molar-refractivity contribution in [3.8, 4) is 0 Å². The zero-order valence-corrected chi connectivity index (χ0v) is 43.8. The first kappa shape index (κ1) is 64.1. The standard InChI is InChI=1S/C60H103NO8/c1-3-5-7-9-11-13-15-17-18-19-20-21-22-23-24-25-26-27-28-29-30-31-32-33-34-35-36-38-40-42-44-46-48-50-56(64)61-53(52-68-60-59(67)58(66)57(65)55(51-62)69-60)54(63)49-47-45-43-41-39-37-16-14-12-10-8-6-4-2/h5,7,11-14,17-18,20-21,23-24,39,41,47,49,53-55,57-60,62-63,65-67H,3-4,6,8-10,15-16,19,22,25-38,40,42-46,48,50-52H2,1-2H3,(H,61,64)/b7-5-,13-11-,14-12+,18-17-,21-20-,24-23-,41-39+,49-47+. The van der Waals surface area contributed by atoms with Crippen molar-refractivity contribution in [2.45, 2.75) is 262 Å². The number of nitrogens with one attached hydrogen (secondary N) is 1. The van der Waals surface area contributed by atoms with Gasteiger partial charge in [-0.2, -0.15) is 0 Å². The molecule has 7 unspecified atom stereocenters. The maximum absolute atomic E-state index is 13.0. The van der Waals surface area contributed by atoms with Crippen LogP contribution in [0.15, 0.2) is 97.2 Å². The number of unbranched alkanes of at least 4 members (excludes halogenated alkanes) is 22. The molecule has 9 heteroatoms. The first-order valence-corrected chi connectivity index (χ1v) is 28.0. The van der Waals surface area contributed by atoms with Gasteiger partial charge in [-0.25, -0.2) is 0 Å². The fourth-order valence-corrected chi connectivity index (χ4v) is 8.21. The lowest BCUT2D eigenvalue weighted by atomic mass is 9.99. The molecule has 69 heavy (non-hydrogen) atoms. The third-order valence-corrected chi connectivity index (χ3v) is 12.6. The number of amides is 1. The Morgan fingerprint density at radius 2 is 0.913 bits per heavy atom. The zero-order valence-electron chi connectivity index (χ0n) is 43.8. The fraction of sp³-hybridized carbons (Fsp3) is 0.717. The summed E-state index contributed by atoms with van der Waals surface area (Å²) in [7, 11) is 0. The van der Waals surface area contributed by atoms with Crippen LogP contribution in [0.1, 0.15) is 219 Å². The van der Waals surface area contributed by atoms with Crippen LogP contribution in [0.3, 0.4) is 0 Å². The molecule has 1 fully saturated rings. The van der Waals surface area contributed by atoms with Gasteiger partial charge in [0.1, 0.15) is 24.4 Å². The van der Waals surface area contributed by atoms with Crippen LogP contribution < -0.4 is 5.32 Å². The van der Waals surface area contributed by atoms with Crippen LogP contribution in [0.4, 0.5) is 0 Å². The molecule has 396 valence electrons. The molecule has 0 bridgehead atoms. The number of aliphatic hydroxyl groups excluding tert-OH is 5. The van der Waals surface area contributed by atoms with Gasteiger partial charge in [-0.1, -0.05) is 220 Å². The minimum Gasteiger partial charge on any atom is -0.394 e. The summed E-state index contributed by atoms with van der Waals surface area (Å²) < 4.78 is 11.2. The number of carbonyl (C=O) groups is 1. The highest BCUT2D eigenvalue weighted by atomic mass is 16.7. The summed E-state index contributed by atoms with van der Waals surface area (Å²) in [4.78, 5) is 13.0. The highest BCUT2D eigenvalue weighted by Gasteiger charge is 2.44. The van der Waals surface area contributed by atoms with E-state index in [2.05, 4.69) is 104 Å². The summed E-state index contributed by atoms with van der Waals surface area (Å²) in [5.74, 6) is -0.194. The lowest BCUT2D eigenvalue weighted by molar-refractivity contribution is -0.302. The molecule has 7 atom stereocenters. The van der Waals surface area contributed by atoms with Crippen molar-refractivity contribution in [1.82, 2.24) is 5.32 Å². The van der Waals surface area contributed by atoms with E-state index in [4.69, 9.17) is 9.47 Å². The predicted molar refractivity (Wildman–Crippen MR) is 290 cm³/mol. The van der Waals surface area contributed by atoms with Gasteiger partial charge in [0.25, 0.3) is 0 Å². The van der Waals surface area contributed by atoms with E-state index in [0.717, 1.165) is 83.5 Å². The first-order valence-electron chi connectivity index (χ1n) is 28.0. The minimum atomic E-state index is -1.58.